The van der Waals surface area contributed by atoms with Crippen molar-refractivity contribution in [3.8, 4) is 17.2 Å². The summed E-state index contributed by atoms with van der Waals surface area (Å²) in [5, 5.41) is 7.70. The van der Waals surface area contributed by atoms with E-state index < -0.39 is 0 Å². The van der Waals surface area contributed by atoms with E-state index in [-0.39, 0.29) is 0 Å². The van der Waals surface area contributed by atoms with Gasteiger partial charge < -0.3 is 14.6 Å². The summed E-state index contributed by atoms with van der Waals surface area (Å²) in [6, 6.07) is 15.1. The number of nitrogens with one attached hydrogen (secondary N) is 1. The normalized spacial score (nSPS) is 10.5. The number of hydrogen-bond donors (Lipinski definition) is 1. The van der Waals surface area contributed by atoms with Gasteiger partial charge in [-0.1, -0.05) is 35.0 Å². The molecule has 2 aromatic carbocycles. The zero-order chi connectivity index (χ0) is 15.4. The number of hydrogen-bond acceptors (Lipinski definition) is 5. The quantitative estimate of drug-likeness (QED) is 0.770. The third-order valence-corrected chi connectivity index (χ3v) is 3.39. The Labute approximate surface area is 132 Å². The zero-order valence-corrected chi connectivity index (χ0v) is 12.7. The highest BCUT2D eigenvalue weighted by Crippen LogP contribution is 2.27. The fraction of sp³-hybridized carbons (Fsp3) is 0.125. The van der Waals surface area contributed by atoms with E-state index in [9.17, 15) is 0 Å². The molecule has 0 aliphatic carbocycles. The van der Waals surface area contributed by atoms with Crippen LogP contribution in [0.5, 0.6) is 5.75 Å². The van der Waals surface area contributed by atoms with E-state index >= 15 is 0 Å². The second-order valence-corrected chi connectivity index (χ2v) is 4.99. The van der Waals surface area contributed by atoms with Crippen molar-refractivity contribution in [2.24, 2.45) is 0 Å². The lowest BCUT2D eigenvalue weighted by Crippen LogP contribution is -2.01. The van der Waals surface area contributed by atoms with Crippen molar-refractivity contribution in [3.63, 3.8) is 0 Å². The molecule has 5 nitrogen and oxygen atoms in total. The van der Waals surface area contributed by atoms with Crippen LogP contribution in [-0.4, -0.2) is 17.3 Å². The molecule has 0 aliphatic rings. The Morgan fingerprint density at radius 2 is 2.00 bits per heavy atom. The van der Waals surface area contributed by atoms with Gasteiger partial charge in [-0.05, 0) is 30.3 Å². The summed E-state index contributed by atoms with van der Waals surface area (Å²) < 4.78 is 10.4. The van der Waals surface area contributed by atoms with Crippen LogP contribution < -0.4 is 10.1 Å². The van der Waals surface area contributed by atoms with Crippen LogP contribution in [0.25, 0.3) is 11.5 Å². The highest BCUT2D eigenvalue weighted by atomic mass is 35.5. The maximum atomic E-state index is 6.08. The molecule has 3 rings (SSSR count). The Morgan fingerprint density at radius 3 is 2.73 bits per heavy atom. The van der Waals surface area contributed by atoms with E-state index in [0.29, 0.717) is 29.0 Å². The summed E-state index contributed by atoms with van der Waals surface area (Å²) in [7, 11) is 1.58. The third kappa shape index (κ3) is 3.20. The minimum Gasteiger partial charge on any atom is -0.495 e. The van der Waals surface area contributed by atoms with Crippen LogP contribution in [0.3, 0.4) is 0 Å². The van der Waals surface area contributed by atoms with E-state index in [1.54, 1.807) is 19.2 Å². The Kier molecular flexibility index (Phi) is 4.25. The first-order valence-electron chi connectivity index (χ1n) is 6.71. The Morgan fingerprint density at radius 1 is 1.18 bits per heavy atom. The number of benzene rings is 2. The molecular weight excluding hydrogens is 302 g/mol. The maximum Gasteiger partial charge on any atom is 0.257 e. The smallest absolute Gasteiger partial charge is 0.257 e. The maximum absolute atomic E-state index is 6.08. The van der Waals surface area contributed by atoms with E-state index in [1.807, 2.05) is 36.4 Å². The van der Waals surface area contributed by atoms with E-state index in [2.05, 4.69) is 15.5 Å². The average Bonchev–Trinajstić information content (AvgIpc) is 3.03. The third-order valence-electron chi connectivity index (χ3n) is 3.09. The minimum atomic E-state index is 0.443. The molecule has 1 heterocycles. The first-order chi connectivity index (χ1) is 10.8. The Hall–Kier alpha value is -2.53. The summed E-state index contributed by atoms with van der Waals surface area (Å²) in [5.74, 6) is 1.72. The average molecular weight is 316 g/mol. The molecule has 3 aromatic rings. The topological polar surface area (TPSA) is 60.2 Å². The number of nitrogens with zero attached hydrogens (tertiary/aromatic N) is 2. The molecule has 1 aromatic heterocycles. The van der Waals surface area contributed by atoms with Crippen molar-refractivity contribution in [1.29, 1.82) is 0 Å². The van der Waals surface area contributed by atoms with Gasteiger partial charge in [0.25, 0.3) is 5.89 Å². The summed E-state index contributed by atoms with van der Waals surface area (Å²) in [6.07, 6.45) is 0. The van der Waals surface area contributed by atoms with Gasteiger partial charge in [-0.25, -0.2) is 0 Å². The predicted molar refractivity (Wildman–Crippen MR) is 85.1 cm³/mol. The second kappa shape index (κ2) is 6.49. The van der Waals surface area contributed by atoms with Crippen LogP contribution in [0.15, 0.2) is 53.1 Å². The number of ether oxygens (including phenoxy) is 1. The molecule has 6 heteroatoms. The highest BCUT2D eigenvalue weighted by Gasteiger charge is 2.08. The second-order valence-electron chi connectivity index (χ2n) is 4.58. The molecule has 0 saturated heterocycles. The van der Waals surface area contributed by atoms with Crippen molar-refractivity contribution in [1.82, 2.24) is 10.1 Å². The van der Waals surface area contributed by atoms with Gasteiger partial charge in [0.15, 0.2) is 5.82 Å². The standard InChI is InChI=1S/C16H14ClN3O2/c1-21-14-8-7-12(9-13(14)17)18-10-15-19-16(22-20-15)11-5-3-2-4-6-11/h2-9,18H,10H2,1H3. The molecule has 0 unspecified atom stereocenters. The summed E-state index contributed by atoms with van der Waals surface area (Å²) in [5.41, 5.74) is 1.76. The first-order valence-corrected chi connectivity index (χ1v) is 7.09. The van der Waals surface area contributed by atoms with Gasteiger partial charge in [-0.15, -0.1) is 0 Å². The lowest BCUT2D eigenvalue weighted by atomic mass is 10.2. The fourth-order valence-corrected chi connectivity index (χ4v) is 2.24. The van der Waals surface area contributed by atoms with Gasteiger partial charge in [0.2, 0.25) is 0 Å². The predicted octanol–water partition coefficient (Wildman–Crippen LogP) is 4.01. The minimum absolute atomic E-state index is 0.443. The Balaban J connectivity index is 1.67. The monoisotopic (exact) mass is 315 g/mol. The van der Waals surface area contributed by atoms with Gasteiger partial charge in [-0.2, -0.15) is 4.98 Å². The van der Waals surface area contributed by atoms with E-state index in [0.717, 1.165) is 11.3 Å². The number of rotatable bonds is 5. The van der Waals surface area contributed by atoms with Crippen LogP contribution in [0, 0.1) is 0 Å². The van der Waals surface area contributed by atoms with E-state index in [4.69, 9.17) is 20.9 Å². The van der Waals surface area contributed by atoms with Crippen molar-refractivity contribution in [3.05, 3.63) is 59.4 Å². The molecule has 0 spiro atoms. The molecule has 0 fully saturated rings. The Bertz CT molecular complexity index is 759. The first kappa shape index (κ1) is 14.4. The van der Waals surface area contributed by atoms with Crippen LogP contribution in [0.2, 0.25) is 5.02 Å². The molecule has 0 atom stereocenters. The molecule has 0 amide bonds. The lowest BCUT2D eigenvalue weighted by Gasteiger charge is -2.07. The van der Waals surface area contributed by atoms with Gasteiger partial charge in [0.1, 0.15) is 5.75 Å². The molecule has 112 valence electrons. The van der Waals surface area contributed by atoms with Crippen LogP contribution >= 0.6 is 11.6 Å². The van der Waals surface area contributed by atoms with Crippen molar-refractivity contribution in [2.75, 3.05) is 12.4 Å². The summed E-state index contributed by atoms with van der Waals surface area (Å²) in [4.78, 5) is 4.35. The number of anilines is 1. The van der Waals surface area contributed by atoms with E-state index in [1.165, 1.54) is 0 Å². The molecular formula is C16H14ClN3O2. The molecule has 1 N–H and O–H groups in total. The summed E-state index contributed by atoms with van der Waals surface area (Å²) in [6.45, 7) is 0.443. The fourth-order valence-electron chi connectivity index (χ4n) is 1.98. The van der Waals surface area contributed by atoms with Gasteiger partial charge in [-0.3, -0.25) is 0 Å². The van der Waals surface area contributed by atoms with Crippen LogP contribution in [0.4, 0.5) is 5.69 Å². The largest absolute Gasteiger partial charge is 0.495 e. The number of halogens is 1. The van der Waals surface area contributed by atoms with Crippen LogP contribution in [-0.2, 0) is 6.54 Å². The van der Waals surface area contributed by atoms with Crippen LogP contribution in [0.1, 0.15) is 5.82 Å². The lowest BCUT2D eigenvalue weighted by molar-refractivity contribution is 0.415. The van der Waals surface area contributed by atoms with Gasteiger partial charge >= 0.3 is 0 Å². The molecule has 0 radical (unpaired) electrons. The number of aromatic nitrogens is 2. The summed E-state index contributed by atoms with van der Waals surface area (Å²) >= 11 is 6.08. The molecule has 0 bridgehead atoms. The molecule has 22 heavy (non-hydrogen) atoms. The van der Waals surface area contributed by atoms with Crippen molar-refractivity contribution >= 4 is 17.3 Å². The highest BCUT2D eigenvalue weighted by molar-refractivity contribution is 6.32. The van der Waals surface area contributed by atoms with Crippen molar-refractivity contribution in [2.45, 2.75) is 6.54 Å². The zero-order valence-electron chi connectivity index (χ0n) is 11.9. The van der Waals surface area contributed by atoms with Crippen molar-refractivity contribution < 1.29 is 9.26 Å². The SMILES string of the molecule is COc1ccc(NCc2noc(-c3ccccc3)n2)cc1Cl. The van der Waals surface area contributed by atoms with Gasteiger partial charge in [0, 0.05) is 11.3 Å². The van der Waals surface area contributed by atoms with Gasteiger partial charge in [0.05, 0.1) is 18.7 Å². The number of methoxy groups -OCH3 is 1. The molecule has 0 saturated carbocycles. The molecule has 0 aliphatic heterocycles.